The van der Waals surface area contributed by atoms with Crippen LogP contribution in [0.25, 0.3) is 0 Å². The molecule has 0 aromatic heterocycles. The molecule has 21 heavy (non-hydrogen) atoms. The van der Waals surface area contributed by atoms with Crippen LogP contribution in [-0.4, -0.2) is 16.1 Å². The first kappa shape index (κ1) is 14.3. The Morgan fingerprint density at radius 2 is 1.52 bits per heavy atom. The maximum Gasteiger partial charge on any atom is 0.269 e. The van der Waals surface area contributed by atoms with Crippen molar-refractivity contribution in [3.63, 3.8) is 0 Å². The van der Waals surface area contributed by atoms with Crippen molar-refractivity contribution in [3.8, 4) is 0 Å². The molecule has 0 saturated heterocycles. The maximum atomic E-state index is 10.6. The molecule has 2 aromatic rings. The van der Waals surface area contributed by atoms with Crippen LogP contribution in [0.5, 0.6) is 0 Å². The Labute approximate surface area is 119 Å². The number of hydrogen-bond donors (Lipinski definition) is 0. The highest BCUT2D eigenvalue weighted by Crippen LogP contribution is 2.23. The number of nitrogens with zero attached hydrogens (tertiary/aromatic N) is 3. The molecule has 0 heterocycles. The second-order valence-corrected chi connectivity index (χ2v) is 4.33. The van der Waals surface area contributed by atoms with Crippen LogP contribution in [0, 0.1) is 27.2 Å². The van der Waals surface area contributed by atoms with Gasteiger partial charge in [0, 0.05) is 30.5 Å². The van der Waals surface area contributed by atoms with Gasteiger partial charge in [0.05, 0.1) is 15.5 Å². The van der Waals surface area contributed by atoms with E-state index in [0.717, 1.165) is 0 Å². The number of aliphatic imine (C=N–C) groups is 1. The third-order valence-electron chi connectivity index (χ3n) is 2.85. The molecule has 7 heteroatoms. The van der Waals surface area contributed by atoms with Gasteiger partial charge < -0.3 is 0 Å². The lowest BCUT2D eigenvalue weighted by Crippen LogP contribution is -1.89. The summed E-state index contributed by atoms with van der Waals surface area (Å²) in [6.45, 7) is 1.73. The number of nitro groups is 2. The first-order valence-electron chi connectivity index (χ1n) is 6.01. The minimum atomic E-state index is -0.471. The van der Waals surface area contributed by atoms with Crippen LogP contribution in [0.2, 0.25) is 0 Å². The average molecular weight is 285 g/mol. The van der Waals surface area contributed by atoms with Crippen LogP contribution >= 0.6 is 0 Å². The van der Waals surface area contributed by atoms with Gasteiger partial charge in [0.15, 0.2) is 0 Å². The largest absolute Gasteiger partial charge is 0.269 e. The standard InChI is InChI=1S/C14H11N3O4/c1-10-8-13(17(20)21)6-7-14(10)15-9-11-2-4-12(5-3-11)16(18)19/h2-9H,1H3. The van der Waals surface area contributed by atoms with Crippen molar-refractivity contribution in [2.75, 3.05) is 0 Å². The van der Waals surface area contributed by atoms with Gasteiger partial charge in [0.2, 0.25) is 0 Å². The van der Waals surface area contributed by atoms with Gasteiger partial charge in [-0.2, -0.15) is 0 Å². The van der Waals surface area contributed by atoms with E-state index >= 15 is 0 Å². The van der Waals surface area contributed by atoms with Crippen molar-refractivity contribution in [2.24, 2.45) is 4.99 Å². The van der Waals surface area contributed by atoms with Crippen molar-refractivity contribution in [1.82, 2.24) is 0 Å². The van der Waals surface area contributed by atoms with Crippen molar-refractivity contribution >= 4 is 23.3 Å². The SMILES string of the molecule is Cc1cc([N+](=O)[O-])ccc1N=Cc1ccc([N+](=O)[O-])cc1. The smallest absolute Gasteiger partial charge is 0.258 e. The number of aryl methyl sites for hydroxylation is 1. The molecule has 0 aliphatic heterocycles. The Kier molecular flexibility index (Phi) is 4.03. The minimum Gasteiger partial charge on any atom is -0.258 e. The summed E-state index contributed by atoms with van der Waals surface area (Å²) in [4.78, 5) is 24.5. The van der Waals surface area contributed by atoms with E-state index in [9.17, 15) is 20.2 Å². The molecule has 0 bridgehead atoms. The summed E-state index contributed by atoms with van der Waals surface area (Å²) >= 11 is 0. The van der Waals surface area contributed by atoms with Crippen LogP contribution < -0.4 is 0 Å². The first-order chi connectivity index (χ1) is 9.97. The predicted octanol–water partition coefficient (Wildman–Crippen LogP) is 3.56. The molecule has 0 aliphatic rings. The summed E-state index contributed by atoms with van der Waals surface area (Å²) < 4.78 is 0. The van der Waals surface area contributed by atoms with E-state index in [2.05, 4.69) is 4.99 Å². The summed E-state index contributed by atoms with van der Waals surface area (Å²) in [6, 6.07) is 10.4. The van der Waals surface area contributed by atoms with Gasteiger partial charge in [-0.05, 0) is 36.2 Å². The van der Waals surface area contributed by atoms with Gasteiger partial charge in [-0.15, -0.1) is 0 Å². The molecule has 0 atom stereocenters. The van der Waals surface area contributed by atoms with Gasteiger partial charge in [-0.25, -0.2) is 0 Å². The Morgan fingerprint density at radius 1 is 0.952 bits per heavy atom. The van der Waals surface area contributed by atoms with Gasteiger partial charge in [-0.1, -0.05) is 0 Å². The van der Waals surface area contributed by atoms with Crippen molar-refractivity contribution in [3.05, 3.63) is 73.8 Å². The quantitative estimate of drug-likeness (QED) is 0.487. The molecule has 0 spiro atoms. The normalized spacial score (nSPS) is 10.7. The van der Waals surface area contributed by atoms with E-state index in [1.54, 1.807) is 31.3 Å². The molecule has 0 N–H and O–H groups in total. The molecule has 0 radical (unpaired) electrons. The molecule has 0 aliphatic carbocycles. The van der Waals surface area contributed by atoms with Crippen LogP contribution in [-0.2, 0) is 0 Å². The minimum absolute atomic E-state index is 0.0127. The fourth-order valence-electron chi connectivity index (χ4n) is 1.72. The van der Waals surface area contributed by atoms with Crippen molar-refractivity contribution in [2.45, 2.75) is 6.92 Å². The van der Waals surface area contributed by atoms with E-state index in [1.807, 2.05) is 0 Å². The highest BCUT2D eigenvalue weighted by Gasteiger charge is 2.07. The van der Waals surface area contributed by atoms with Crippen LogP contribution in [0.4, 0.5) is 17.1 Å². The second-order valence-electron chi connectivity index (χ2n) is 4.33. The Bertz CT molecular complexity index is 723. The summed E-state index contributed by atoms with van der Waals surface area (Å²) in [5, 5.41) is 21.2. The highest BCUT2D eigenvalue weighted by atomic mass is 16.6. The Balaban J connectivity index is 2.21. The summed E-state index contributed by atoms with van der Waals surface area (Å²) in [6.07, 6.45) is 1.55. The first-order valence-corrected chi connectivity index (χ1v) is 6.01. The van der Waals surface area contributed by atoms with Gasteiger partial charge in [0.1, 0.15) is 0 Å². The van der Waals surface area contributed by atoms with E-state index in [-0.39, 0.29) is 11.4 Å². The summed E-state index contributed by atoms with van der Waals surface area (Å²) in [5.41, 5.74) is 2.03. The van der Waals surface area contributed by atoms with E-state index in [0.29, 0.717) is 16.8 Å². The van der Waals surface area contributed by atoms with Gasteiger partial charge in [0.25, 0.3) is 11.4 Å². The zero-order chi connectivity index (χ0) is 15.4. The molecule has 106 valence electrons. The predicted molar refractivity (Wildman–Crippen MR) is 78.2 cm³/mol. The number of rotatable bonds is 4. The number of non-ortho nitro benzene ring substituents is 2. The van der Waals surface area contributed by atoms with E-state index < -0.39 is 9.85 Å². The topological polar surface area (TPSA) is 98.6 Å². The fourth-order valence-corrected chi connectivity index (χ4v) is 1.72. The zero-order valence-electron chi connectivity index (χ0n) is 11.1. The van der Waals surface area contributed by atoms with E-state index in [1.165, 1.54) is 24.3 Å². The number of nitro benzene ring substituents is 2. The highest BCUT2D eigenvalue weighted by molar-refractivity contribution is 5.82. The number of benzene rings is 2. The molecule has 0 amide bonds. The van der Waals surface area contributed by atoms with Crippen LogP contribution in [0.1, 0.15) is 11.1 Å². The fraction of sp³-hybridized carbons (Fsp3) is 0.0714. The van der Waals surface area contributed by atoms with Crippen LogP contribution in [0.15, 0.2) is 47.5 Å². The zero-order valence-corrected chi connectivity index (χ0v) is 11.1. The molecular weight excluding hydrogens is 274 g/mol. The molecule has 0 unspecified atom stereocenters. The van der Waals surface area contributed by atoms with Crippen LogP contribution in [0.3, 0.4) is 0 Å². The summed E-state index contributed by atoms with van der Waals surface area (Å²) in [5.74, 6) is 0. The molecule has 7 nitrogen and oxygen atoms in total. The average Bonchev–Trinajstić information content (AvgIpc) is 2.46. The molecular formula is C14H11N3O4. The van der Waals surface area contributed by atoms with Gasteiger partial charge in [-0.3, -0.25) is 25.2 Å². The second kappa shape index (κ2) is 5.91. The molecule has 2 aromatic carbocycles. The maximum absolute atomic E-state index is 10.6. The third-order valence-corrected chi connectivity index (χ3v) is 2.85. The summed E-state index contributed by atoms with van der Waals surface area (Å²) in [7, 11) is 0. The van der Waals surface area contributed by atoms with Crippen molar-refractivity contribution < 1.29 is 9.85 Å². The lowest BCUT2D eigenvalue weighted by atomic mass is 10.2. The monoisotopic (exact) mass is 285 g/mol. The third kappa shape index (κ3) is 3.47. The number of hydrogen-bond acceptors (Lipinski definition) is 5. The lowest BCUT2D eigenvalue weighted by Gasteiger charge is -1.99. The molecule has 0 saturated carbocycles. The molecule has 2 rings (SSSR count). The Hall–Kier alpha value is -3.09. The van der Waals surface area contributed by atoms with E-state index in [4.69, 9.17) is 0 Å². The lowest BCUT2D eigenvalue weighted by molar-refractivity contribution is -0.385. The Morgan fingerprint density at radius 3 is 2.05 bits per heavy atom. The van der Waals surface area contributed by atoms with Crippen molar-refractivity contribution in [1.29, 1.82) is 0 Å². The molecule has 0 fully saturated rings. The van der Waals surface area contributed by atoms with Gasteiger partial charge >= 0.3 is 0 Å².